The molecule has 0 saturated carbocycles. The molecule has 1 aliphatic rings. The van der Waals surface area contributed by atoms with Gasteiger partial charge in [-0.3, -0.25) is 9.78 Å². The molecule has 5 nitrogen and oxygen atoms in total. The molecule has 16 heavy (non-hydrogen) atoms. The molecule has 1 aromatic heterocycles. The van der Waals surface area contributed by atoms with E-state index in [4.69, 9.17) is 11.5 Å². The number of carbonyl (C=O) groups is 1. The third-order valence-corrected chi connectivity index (χ3v) is 2.89. The van der Waals surface area contributed by atoms with Crippen LogP contribution in [0, 0.1) is 6.07 Å². The number of rotatable bonds is 2. The number of aromatic nitrogens is 1. The second-order valence-electron chi connectivity index (χ2n) is 4.02. The second-order valence-corrected chi connectivity index (χ2v) is 4.02. The maximum absolute atomic E-state index is 11.4. The zero-order valence-electron chi connectivity index (χ0n) is 8.97. The van der Waals surface area contributed by atoms with Gasteiger partial charge in [0.1, 0.15) is 6.04 Å². The minimum atomic E-state index is -0.333. The van der Waals surface area contributed by atoms with Crippen LogP contribution in [0.2, 0.25) is 0 Å². The molecular weight excluding hydrogens is 204 g/mol. The van der Waals surface area contributed by atoms with Gasteiger partial charge in [-0.25, -0.2) is 0 Å². The Kier molecular flexibility index (Phi) is 3.05. The monoisotopic (exact) mass is 219 g/mol. The zero-order chi connectivity index (χ0) is 11.5. The second kappa shape index (κ2) is 4.49. The summed E-state index contributed by atoms with van der Waals surface area (Å²) in [4.78, 5) is 17.2. The molecule has 85 valence electrons. The molecule has 0 bridgehead atoms. The quantitative estimate of drug-likeness (QED) is 0.712. The van der Waals surface area contributed by atoms with Crippen LogP contribution in [0.25, 0.3) is 0 Å². The van der Waals surface area contributed by atoms with Crippen molar-refractivity contribution >= 4 is 11.6 Å². The van der Waals surface area contributed by atoms with E-state index in [0.717, 1.165) is 18.7 Å². The van der Waals surface area contributed by atoms with E-state index in [9.17, 15) is 4.79 Å². The summed E-state index contributed by atoms with van der Waals surface area (Å²) in [6.45, 7) is 0.731. The van der Waals surface area contributed by atoms with Crippen molar-refractivity contribution in [3.05, 3.63) is 24.5 Å². The summed E-state index contributed by atoms with van der Waals surface area (Å²) in [5.74, 6) is -0.333. The van der Waals surface area contributed by atoms with E-state index < -0.39 is 0 Å². The van der Waals surface area contributed by atoms with E-state index in [0.29, 0.717) is 6.42 Å². The molecule has 0 aromatic carbocycles. The number of hydrogen-bond acceptors (Lipinski definition) is 4. The molecule has 1 amide bonds. The Morgan fingerprint density at radius 3 is 3.06 bits per heavy atom. The number of carbonyl (C=O) groups excluding carboxylic acids is 1. The fourth-order valence-electron chi connectivity index (χ4n) is 2.04. The standard InChI is InChI=1S/C11H15N4O/c12-8-3-6-15(10(7-8)11(13)16)9-1-4-14-5-2-9/h1,4-5,8,10H,3,6-7,12H2,(H2,13,16). The lowest BCUT2D eigenvalue weighted by Gasteiger charge is -2.37. The summed E-state index contributed by atoms with van der Waals surface area (Å²) < 4.78 is 0. The van der Waals surface area contributed by atoms with Gasteiger partial charge in [0.15, 0.2) is 0 Å². The van der Waals surface area contributed by atoms with E-state index in [1.54, 1.807) is 12.4 Å². The van der Waals surface area contributed by atoms with Gasteiger partial charge in [-0.2, -0.15) is 0 Å². The highest BCUT2D eigenvalue weighted by Crippen LogP contribution is 2.23. The molecule has 2 heterocycles. The van der Waals surface area contributed by atoms with Crippen LogP contribution in [0.15, 0.2) is 18.5 Å². The maximum Gasteiger partial charge on any atom is 0.240 e. The van der Waals surface area contributed by atoms with Gasteiger partial charge in [0.2, 0.25) is 5.91 Å². The van der Waals surface area contributed by atoms with Crippen molar-refractivity contribution in [3.63, 3.8) is 0 Å². The van der Waals surface area contributed by atoms with Crippen LogP contribution in [-0.2, 0) is 4.79 Å². The summed E-state index contributed by atoms with van der Waals surface area (Å²) in [7, 11) is 0. The van der Waals surface area contributed by atoms with Crippen LogP contribution >= 0.6 is 0 Å². The average molecular weight is 219 g/mol. The first-order valence-electron chi connectivity index (χ1n) is 5.31. The molecule has 1 aromatic rings. The lowest BCUT2D eigenvalue weighted by Crippen LogP contribution is -2.53. The minimum Gasteiger partial charge on any atom is -0.368 e. The van der Waals surface area contributed by atoms with Crippen molar-refractivity contribution in [3.8, 4) is 0 Å². The first-order valence-corrected chi connectivity index (χ1v) is 5.31. The molecule has 5 heteroatoms. The topological polar surface area (TPSA) is 85.2 Å². The molecule has 0 aliphatic carbocycles. The lowest BCUT2D eigenvalue weighted by molar-refractivity contribution is -0.119. The highest BCUT2D eigenvalue weighted by molar-refractivity contribution is 5.83. The van der Waals surface area contributed by atoms with Gasteiger partial charge in [0.25, 0.3) is 0 Å². The largest absolute Gasteiger partial charge is 0.368 e. The molecule has 2 rings (SSSR count). The van der Waals surface area contributed by atoms with Crippen LogP contribution < -0.4 is 16.4 Å². The van der Waals surface area contributed by atoms with Crippen LogP contribution in [0.5, 0.6) is 0 Å². The summed E-state index contributed by atoms with van der Waals surface area (Å²) in [6.07, 6.45) is 4.73. The van der Waals surface area contributed by atoms with Gasteiger partial charge in [0.05, 0.1) is 0 Å². The van der Waals surface area contributed by atoms with Crippen LogP contribution in [0.4, 0.5) is 5.69 Å². The summed E-state index contributed by atoms with van der Waals surface area (Å²) in [5, 5.41) is 0. The third kappa shape index (κ3) is 2.14. The first-order chi connectivity index (χ1) is 7.68. The SMILES string of the molecule is NC(=O)C1CC(N)CCN1c1[c]cncc1. The number of nitrogens with two attached hydrogens (primary N) is 2. The van der Waals surface area contributed by atoms with Crippen LogP contribution in [-0.4, -0.2) is 29.5 Å². The Labute approximate surface area is 94.4 Å². The van der Waals surface area contributed by atoms with E-state index in [-0.39, 0.29) is 18.0 Å². The van der Waals surface area contributed by atoms with Gasteiger partial charge in [-0.05, 0) is 18.9 Å². The van der Waals surface area contributed by atoms with Crippen LogP contribution in [0.1, 0.15) is 12.8 Å². The molecular formula is C11H15N4O. The molecule has 2 atom stereocenters. The van der Waals surface area contributed by atoms with Crippen molar-refractivity contribution in [1.82, 2.24) is 4.98 Å². The Hall–Kier alpha value is -1.62. The number of amides is 1. The zero-order valence-corrected chi connectivity index (χ0v) is 8.97. The Balaban J connectivity index is 2.22. The van der Waals surface area contributed by atoms with Gasteiger partial charge in [-0.15, -0.1) is 0 Å². The first kappa shape index (κ1) is 10.9. The molecule has 1 fully saturated rings. The van der Waals surface area contributed by atoms with Crippen molar-refractivity contribution in [1.29, 1.82) is 0 Å². The number of primary amides is 1. The number of hydrogen-bond donors (Lipinski definition) is 2. The molecule has 0 spiro atoms. The predicted molar refractivity (Wildman–Crippen MR) is 60.6 cm³/mol. The third-order valence-electron chi connectivity index (χ3n) is 2.89. The predicted octanol–water partition coefficient (Wildman–Crippen LogP) is -0.337. The normalized spacial score (nSPS) is 25.4. The van der Waals surface area contributed by atoms with E-state index in [1.165, 1.54) is 0 Å². The van der Waals surface area contributed by atoms with Gasteiger partial charge >= 0.3 is 0 Å². The van der Waals surface area contributed by atoms with Crippen molar-refractivity contribution in [2.24, 2.45) is 11.5 Å². The Bertz CT molecular complexity index is 368. The summed E-state index contributed by atoms with van der Waals surface area (Å²) in [5.41, 5.74) is 12.1. The van der Waals surface area contributed by atoms with Gasteiger partial charge in [-0.1, -0.05) is 0 Å². The Morgan fingerprint density at radius 1 is 1.62 bits per heavy atom. The molecule has 4 N–H and O–H groups in total. The van der Waals surface area contributed by atoms with Crippen molar-refractivity contribution in [2.45, 2.75) is 24.9 Å². The van der Waals surface area contributed by atoms with E-state index in [1.807, 2.05) is 11.0 Å². The van der Waals surface area contributed by atoms with Gasteiger partial charge in [0, 0.05) is 36.7 Å². The summed E-state index contributed by atoms with van der Waals surface area (Å²) in [6, 6.07) is 4.55. The van der Waals surface area contributed by atoms with Crippen molar-refractivity contribution < 1.29 is 4.79 Å². The van der Waals surface area contributed by atoms with Gasteiger partial charge < -0.3 is 16.4 Å². The molecule has 1 saturated heterocycles. The highest BCUT2D eigenvalue weighted by Gasteiger charge is 2.30. The molecule has 2 unspecified atom stereocenters. The minimum absolute atomic E-state index is 0.0515. The average Bonchev–Trinajstić information content (AvgIpc) is 2.30. The molecule has 1 aliphatic heterocycles. The lowest BCUT2D eigenvalue weighted by atomic mass is 9.97. The number of pyridine rings is 1. The fraction of sp³-hybridized carbons (Fsp3) is 0.455. The fourth-order valence-corrected chi connectivity index (χ4v) is 2.04. The van der Waals surface area contributed by atoms with Crippen LogP contribution in [0.3, 0.4) is 0 Å². The molecule has 1 radical (unpaired) electrons. The number of anilines is 1. The number of piperidine rings is 1. The Morgan fingerprint density at radius 2 is 2.44 bits per heavy atom. The number of nitrogens with zero attached hydrogens (tertiary/aromatic N) is 2. The maximum atomic E-state index is 11.4. The van der Waals surface area contributed by atoms with Crippen molar-refractivity contribution in [2.75, 3.05) is 11.4 Å². The van der Waals surface area contributed by atoms with E-state index in [2.05, 4.69) is 11.1 Å². The smallest absolute Gasteiger partial charge is 0.240 e. The highest BCUT2D eigenvalue weighted by atomic mass is 16.1. The summed E-state index contributed by atoms with van der Waals surface area (Å²) >= 11 is 0. The van der Waals surface area contributed by atoms with E-state index >= 15 is 0 Å².